The summed E-state index contributed by atoms with van der Waals surface area (Å²) in [4.78, 5) is 22.0. The predicted molar refractivity (Wildman–Crippen MR) is 111 cm³/mol. The summed E-state index contributed by atoms with van der Waals surface area (Å²) in [5.41, 5.74) is 0.856. The summed E-state index contributed by atoms with van der Waals surface area (Å²) in [6.45, 7) is 0.484. The van der Waals surface area contributed by atoms with Crippen LogP contribution in [0.1, 0.15) is 0 Å². The lowest BCUT2D eigenvalue weighted by Crippen LogP contribution is -2.31. The molecule has 27 heavy (non-hydrogen) atoms. The molecule has 4 aromatic rings. The van der Waals surface area contributed by atoms with E-state index in [-0.39, 0.29) is 11.7 Å². The van der Waals surface area contributed by atoms with Crippen molar-refractivity contribution in [2.24, 2.45) is 0 Å². The molecule has 8 heteroatoms. The minimum Gasteiger partial charge on any atom is -0.486 e. The number of thioether (sulfide) groups is 1. The van der Waals surface area contributed by atoms with E-state index in [9.17, 15) is 4.79 Å². The normalized spacial score (nSPS) is 15.9. The minimum absolute atomic E-state index is 0.0871. The molecule has 1 aliphatic rings. The van der Waals surface area contributed by atoms with Crippen molar-refractivity contribution in [1.82, 2.24) is 9.97 Å². The number of rotatable bonds is 4. The molecule has 1 aromatic carbocycles. The average molecular weight is 415 g/mol. The van der Waals surface area contributed by atoms with Crippen LogP contribution in [0.2, 0.25) is 0 Å². The monoisotopic (exact) mass is 414 g/mol. The number of H-pyrrole nitrogens is 1. The molecule has 0 aliphatic carbocycles. The number of nitrogens with zero attached hydrogens (tertiary/aromatic N) is 1. The summed E-state index contributed by atoms with van der Waals surface area (Å²) in [6, 6.07) is 11.6. The molecule has 0 bridgehead atoms. The van der Waals surface area contributed by atoms with E-state index in [0.29, 0.717) is 22.9 Å². The third-order valence-electron chi connectivity index (χ3n) is 4.18. The second-order valence-electron chi connectivity index (χ2n) is 5.99. The van der Waals surface area contributed by atoms with Crippen LogP contribution < -0.4 is 15.0 Å². The number of aromatic nitrogens is 2. The Bertz CT molecular complexity index is 1150. The maximum Gasteiger partial charge on any atom is 0.260 e. The number of aromatic amines is 1. The number of para-hydroxylation sites is 2. The molecule has 1 atom stereocenters. The smallest absolute Gasteiger partial charge is 0.260 e. The van der Waals surface area contributed by atoms with Crippen molar-refractivity contribution in [3.05, 3.63) is 57.5 Å². The lowest BCUT2D eigenvalue weighted by Gasteiger charge is -2.25. The fourth-order valence-corrected chi connectivity index (χ4v) is 5.58. The van der Waals surface area contributed by atoms with Gasteiger partial charge in [-0.25, -0.2) is 4.98 Å². The van der Waals surface area contributed by atoms with Gasteiger partial charge in [0.1, 0.15) is 17.5 Å². The van der Waals surface area contributed by atoms with Crippen LogP contribution in [0.3, 0.4) is 0 Å². The van der Waals surface area contributed by atoms with E-state index in [2.05, 4.69) is 9.97 Å². The van der Waals surface area contributed by atoms with Crippen molar-refractivity contribution in [3.8, 4) is 21.9 Å². The second kappa shape index (κ2) is 7.03. The van der Waals surface area contributed by atoms with E-state index < -0.39 is 0 Å². The number of hydrogen-bond acceptors (Lipinski definition) is 7. The highest BCUT2D eigenvalue weighted by Gasteiger charge is 2.21. The Kier molecular flexibility index (Phi) is 4.39. The lowest BCUT2D eigenvalue weighted by molar-refractivity contribution is 0.107. The highest BCUT2D eigenvalue weighted by molar-refractivity contribution is 7.99. The molecule has 0 amide bonds. The first-order valence-corrected chi connectivity index (χ1v) is 11.1. The summed E-state index contributed by atoms with van der Waals surface area (Å²) >= 11 is 4.60. The van der Waals surface area contributed by atoms with Gasteiger partial charge < -0.3 is 14.5 Å². The lowest BCUT2D eigenvalue weighted by atomic mass is 10.2. The number of benzene rings is 1. The van der Waals surface area contributed by atoms with Crippen molar-refractivity contribution in [2.45, 2.75) is 11.3 Å². The first-order valence-electron chi connectivity index (χ1n) is 8.34. The van der Waals surface area contributed by atoms with Crippen LogP contribution in [0.25, 0.3) is 20.7 Å². The Morgan fingerprint density at radius 1 is 1.19 bits per heavy atom. The number of hydrogen-bond donors (Lipinski definition) is 1. The Balaban J connectivity index is 1.35. The Morgan fingerprint density at radius 3 is 2.93 bits per heavy atom. The van der Waals surface area contributed by atoms with E-state index in [1.165, 1.54) is 23.1 Å². The molecule has 0 saturated carbocycles. The van der Waals surface area contributed by atoms with Gasteiger partial charge in [-0.2, -0.15) is 0 Å². The van der Waals surface area contributed by atoms with Gasteiger partial charge in [-0.1, -0.05) is 30.0 Å². The van der Waals surface area contributed by atoms with Gasteiger partial charge in [-0.3, -0.25) is 4.79 Å². The number of fused-ring (bicyclic) bond motifs is 2. The van der Waals surface area contributed by atoms with E-state index in [4.69, 9.17) is 9.47 Å². The standard InChI is InChI=1S/C19H14N2O3S3/c22-17-16-12(15-6-3-7-25-15)10-26-18(16)21-19(20-17)27-9-11-8-23-13-4-1-2-5-14(13)24-11/h1-7,10-11H,8-9H2,(H,20,21,22)/t11-/m0/s1. The fourth-order valence-electron chi connectivity index (χ4n) is 2.93. The number of thiophene rings is 2. The van der Waals surface area contributed by atoms with E-state index in [0.717, 1.165) is 26.8 Å². The van der Waals surface area contributed by atoms with Crippen LogP contribution in [0, 0.1) is 0 Å². The molecule has 3 aromatic heterocycles. The molecule has 4 heterocycles. The number of ether oxygens (including phenoxy) is 2. The molecule has 5 rings (SSSR count). The van der Waals surface area contributed by atoms with Crippen molar-refractivity contribution in [1.29, 1.82) is 0 Å². The van der Waals surface area contributed by atoms with Gasteiger partial charge in [0.15, 0.2) is 16.7 Å². The van der Waals surface area contributed by atoms with Crippen molar-refractivity contribution in [2.75, 3.05) is 12.4 Å². The zero-order valence-electron chi connectivity index (χ0n) is 14.0. The summed E-state index contributed by atoms with van der Waals surface area (Å²) in [5.74, 6) is 2.17. The third kappa shape index (κ3) is 3.24. The highest BCUT2D eigenvalue weighted by atomic mass is 32.2. The molecule has 0 unspecified atom stereocenters. The van der Waals surface area contributed by atoms with E-state index in [1.54, 1.807) is 11.3 Å². The largest absolute Gasteiger partial charge is 0.486 e. The topological polar surface area (TPSA) is 64.2 Å². The predicted octanol–water partition coefficient (Wildman–Crippen LogP) is 4.65. The van der Waals surface area contributed by atoms with Gasteiger partial charge >= 0.3 is 0 Å². The van der Waals surface area contributed by atoms with Crippen molar-refractivity contribution < 1.29 is 9.47 Å². The molecule has 5 nitrogen and oxygen atoms in total. The van der Waals surface area contributed by atoms with Crippen molar-refractivity contribution in [3.63, 3.8) is 0 Å². The van der Waals surface area contributed by atoms with Crippen LogP contribution in [0.5, 0.6) is 11.5 Å². The maximum atomic E-state index is 12.6. The molecule has 0 fully saturated rings. The average Bonchev–Trinajstić information content (AvgIpc) is 3.36. The van der Waals surface area contributed by atoms with E-state index >= 15 is 0 Å². The fraction of sp³-hybridized carbons (Fsp3) is 0.158. The van der Waals surface area contributed by atoms with Crippen LogP contribution >= 0.6 is 34.4 Å². The molecule has 0 spiro atoms. The van der Waals surface area contributed by atoms with Gasteiger partial charge in [-0.15, -0.1) is 22.7 Å². The molecule has 0 radical (unpaired) electrons. The van der Waals surface area contributed by atoms with Gasteiger partial charge in [0.05, 0.1) is 5.39 Å². The molecule has 136 valence electrons. The quantitative estimate of drug-likeness (QED) is 0.389. The molecular weight excluding hydrogens is 400 g/mol. The maximum absolute atomic E-state index is 12.6. The SMILES string of the molecule is O=c1[nH]c(SC[C@@H]2COc3ccccc3O2)nc2scc(-c3cccs3)c12. The second-order valence-corrected chi connectivity index (χ2v) is 8.80. The molecule has 0 saturated heterocycles. The van der Waals surface area contributed by atoms with Gasteiger partial charge in [-0.05, 0) is 23.6 Å². The van der Waals surface area contributed by atoms with Crippen molar-refractivity contribution >= 4 is 44.7 Å². The molecule has 1 N–H and O–H groups in total. The Labute approximate surface area is 167 Å². The first-order chi connectivity index (χ1) is 13.3. The zero-order valence-corrected chi connectivity index (χ0v) is 16.5. The van der Waals surface area contributed by atoms with Gasteiger partial charge in [0.25, 0.3) is 5.56 Å². The zero-order chi connectivity index (χ0) is 18.2. The first kappa shape index (κ1) is 16.9. The summed E-state index contributed by atoms with van der Waals surface area (Å²) in [5, 5.41) is 5.28. The van der Waals surface area contributed by atoms with Crippen LogP contribution in [-0.2, 0) is 0 Å². The summed E-state index contributed by atoms with van der Waals surface area (Å²) in [6.07, 6.45) is -0.0871. The number of nitrogens with one attached hydrogen (secondary N) is 1. The third-order valence-corrected chi connectivity index (χ3v) is 6.96. The van der Waals surface area contributed by atoms with Gasteiger partial charge in [0.2, 0.25) is 0 Å². The van der Waals surface area contributed by atoms with Crippen LogP contribution in [0.4, 0.5) is 0 Å². The summed E-state index contributed by atoms with van der Waals surface area (Å²) < 4.78 is 11.7. The van der Waals surface area contributed by atoms with E-state index in [1.807, 2.05) is 47.2 Å². The Morgan fingerprint density at radius 2 is 2.07 bits per heavy atom. The van der Waals surface area contributed by atoms with Crippen LogP contribution in [0.15, 0.2) is 57.1 Å². The van der Waals surface area contributed by atoms with Gasteiger partial charge in [0, 0.05) is 21.6 Å². The van der Waals surface area contributed by atoms with Crippen LogP contribution in [-0.4, -0.2) is 28.4 Å². The highest BCUT2D eigenvalue weighted by Crippen LogP contribution is 2.35. The molecular formula is C19H14N2O3S3. The Hall–Kier alpha value is -2.29. The molecule has 1 aliphatic heterocycles. The summed E-state index contributed by atoms with van der Waals surface area (Å²) in [7, 11) is 0. The minimum atomic E-state index is -0.0988.